The van der Waals surface area contributed by atoms with E-state index in [4.69, 9.17) is 0 Å². The van der Waals surface area contributed by atoms with Crippen molar-refractivity contribution >= 4 is 22.7 Å². The standard InChI is InChI=1S/C20H24FN3S/c1-24(2)18-12-5-11-6-13(8-12)19(16(18)7-11)25-20-15-9-14(21)3-4-17(15)22-10-23-20/h3-4,9-13,16,18-19H,5-8H2,1-2H3. The molecule has 2 aromatic rings. The monoisotopic (exact) mass is 357 g/mol. The number of fused-ring (bicyclic) bond motifs is 1. The lowest BCUT2D eigenvalue weighted by Crippen LogP contribution is -2.59. The fourth-order valence-electron chi connectivity index (χ4n) is 6.04. The lowest BCUT2D eigenvalue weighted by molar-refractivity contribution is -0.0444. The lowest BCUT2D eigenvalue weighted by Gasteiger charge is -2.59. The largest absolute Gasteiger partial charge is 0.306 e. The molecule has 1 aromatic carbocycles. The van der Waals surface area contributed by atoms with E-state index in [0.29, 0.717) is 11.3 Å². The van der Waals surface area contributed by atoms with Crippen molar-refractivity contribution in [2.75, 3.05) is 14.1 Å². The summed E-state index contributed by atoms with van der Waals surface area (Å²) < 4.78 is 13.8. The van der Waals surface area contributed by atoms with Gasteiger partial charge in [0.05, 0.1) is 5.52 Å². The van der Waals surface area contributed by atoms with Crippen LogP contribution < -0.4 is 0 Å². The van der Waals surface area contributed by atoms with E-state index >= 15 is 0 Å². The van der Waals surface area contributed by atoms with Gasteiger partial charge in [-0.15, -0.1) is 11.8 Å². The Morgan fingerprint density at radius 3 is 2.76 bits per heavy atom. The van der Waals surface area contributed by atoms with Gasteiger partial charge in [0.15, 0.2) is 0 Å². The summed E-state index contributed by atoms with van der Waals surface area (Å²) in [4.78, 5) is 11.3. The maximum Gasteiger partial charge on any atom is 0.124 e. The van der Waals surface area contributed by atoms with Gasteiger partial charge in [0.1, 0.15) is 17.2 Å². The minimum atomic E-state index is -0.208. The molecule has 4 bridgehead atoms. The van der Waals surface area contributed by atoms with Crippen LogP contribution in [-0.2, 0) is 0 Å². The van der Waals surface area contributed by atoms with Gasteiger partial charge in [-0.3, -0.25) is 0 Å². The number of hydrogen-bond acceptors (Lipinski definition) is 4. The van der Waals surface area contributed by atoms with E-state index in [2.05, 4.69) is 29.0 Å². The fraction of sp³-hybridized carbons (Fsp3) is 0.600. The first-order valence-electron chi connectivity index (χ1n) is 9.33. The zero-order valence-corrected chi connectivity index (χ0v) is 15.5. The minimum Gasteiger partial charge on any atom is -0.306 e. The van der Waals surface area contributed by atoms with E-state index in [-0.39, 0.29) is 5.82 Å². The number of hydrogen-bond donors (Lipinski definition) is 0. The molecule has 0 saturated heterocycles. The van der Waals surface area contributed by atoms with Gasteiger partial charge in [-0.05, 0) is 81.6 Å². The lowest BCUT2D eigenvalue weighted by atomic mass is 9.53. The van der Waals surface area contributed by atoms with Crippen LogP contribution in [0.5, 0.6) is 0 Å². The van der Waals surface area contributed by atoms with Crippen LogP contribution in [0.25, 0.3) is 10.9 Å². The molecule has 0 amide bonds. The molecule has 0 spiro atoms. The van der Waals surface area contributed by atoms with Gasteiger partial charge < -0.3 is 4.90 Å². The Labute approximate surface area is 152 Å². The van der Waals surface area contributed by atoms with Crippen molar-refractivity contribution in [3.63, 3.8) is 0 Å². The Hall–Kier alpha value is -1.20. The first-order chi connectivity index (χ1) is 12.1. The Bertz CT molecular complexity index is 811. The van der Waals surface area contributed by atoms with E-state index in [0.717, 1.165) is 39.6 Å². The van der Waals surface area contributed by atoms with Crippen LogP contribution in [0.1, 0.15) is 25.7 Å². The Kier molecular flexibility index (Phi) is 3.79. The highest BCUT2D eigenvalue weighted by atomic mass is 32.2. The van der Waals surface area contributed by atoms with Crippen molar-refractivity contribution in [3.05, 3.63) is 30.3 Å². The van der Waals surface area contributed by atoms with E-state index in [1.165, 1.54) is 31.7 Å². The van der Waals surface area contributed by atoms with Gasteiger partial charge >= 0.3 is 0 Å². The molecule has 6 unspecified atom stereocenters. The quantitative estimate of drug-likeness (QED) is 0.769. The maximum atomic E-state index is 13.8. The molecule has 25 heavy (non-hydrogen) atoms. The topological polar surface area (TPSA) is 29.0 Å². The van der Waals surface area contributed by atoms with Gasteiger partial charge in [-0.25, -0.2) is 14.4 Å². The zero-order chi connectivity index (χ0) is 17.1. The molecule has 1 heterocycles. The molecule has 4 aliphatic carbocycles. The number of thioether (sulfide) groups is 1. The second-order valence-electron chi connectivity index (χ2n) is 8.37. The third-order valence-electron chi connectivity index (χ3n) is 6.70. The van der Waals surface area contributed by atoms with E-state index < -0.39 is 0 Å². The summed E-state index contributed by atoms with van der Waals surface area (Å²) in [7, 11) is 4.48. The summed E-state index contributed by atoms with van der Waals surface area (Å²) in [5, 5.41) is 2.42. The van der Waals surface area contributed by atoms with Crippen molar-refractivity contribution in [1.29, 1.82) is 0 Å². The molecule has 3 nitrogen and oxygen atoms in total. The van der Waals surface area contributed by atoms with Crippen LogP contribution in [0.2, 0.25) is 0 Å². The molecule has 4 aliphatic rings. The molecule has 1 aromatic heterocycles. The molecular weight excluding hydrogens is 333 g/mol. The average molecular weight is 357 g/mol. The van der Waals surface area contributed by atoms with Crippen molar-refractivity contribution in [2.45, 2.75) is 42.0 Å². The number of nitrogens with zero attached hydrogens (tertiary/aromatic N) is 3. The van der Waals surface area contributed by atoms with Gasteiger partial charge in [-0.1, -0.05) is 0 Å². The van der Waals surface area contributed by atoms with Crippen LogP contribution in [0, 0.1) is 29.5 Å². The Balaban J connectivity index is 1.51. The summed E-state index contributed by atoms with van der Waals surface area (Å²) in [6.07, 6.45) is 7.13. The first-order valence-corrected chi connectivity index (χ1v) is 10.2. The molecule has 4 fully saturated rings. The molecular formula is C20H24FN3S. The van der Waals surface area contributed by atoms with Gasteiger partial charge in [0, 0.05) is 16.7 Å². The van der Waals surface area contributed by atoms with Gasteiger partial charge in [-0.2, -0.15) is 0 Å². The van der Waals surface area contributed by atoms with Crippen LogP contribution >= 0.6 is 11.8 Å². The fourth-order valence-corrected chi connectivity index (χ4v) is 7.56. The number of rotatable bonds is 3. The zero-order valence-electron chi connectivity index (χ0n) is 14.7. The second-order valence-corrected chi connectivity index (χ2v) is 9.54. The van der Waals surface area contributed by atoms with Gasteiger partial charge in [0.25, 0.3) is 0 Å². The molecule has 4 saturated carbocycles. The van der Waals surface area contributed by atoms with Crippen LogP contribution in [0.15, 0.2) is 29.6 Å². The summed E-state index contributed by atoms with van der Waals surface area (Å²) in [6, 6.07) is 5.53. The number of halogens is 1. The molecule has 132 valence electrons. The second kappa shape index (κ2) is 5.92. The minimum absolute atomic E-state index is 0.208. The predicted octanol–water partition coefficient (Wildman–Crippen LogP) is 4.23. The summed E-state index contributed by atoms with van der Waals surface area (Å²) >= 11 is 1.89. The molecule has 6 rings (SSSR count). The third kappa shape index (κ3) is 2.58. The predicted molar refractivity (Wildman–Crippen MR) is 99.0 cm³/mol. The maximum absolute atomic E-state index is 13.8. The Morgan fingerprint density at radius 2 is 1.92 bits per heavy atom. The van der Waals surface area contributed by atoms with Crippen LogP contribution in [0.4, 0.5) is 4.39 Å². The van der Waals surface area contributed by atoms with Crippen molar-refractivity contribution in [1.82, 2.24) is 14.9 Å². The smallest absolute Gasteiger partial charge is 0.124 e. The highest BCUT2D eigenvalue weighted by molar-refractivity contribution is 8.00. The van der Waals surface area contributed by atoms with E-state index in [9.17, 15) is 4.39 Å². The van der Waals surface area contributed by atoms with E-state index in [1.807, 2.05) is 11.8 Å². The molecule has 6 atom stereocenters. The summed E-state index contributed by atoms with van der Waals surface area (Å²) in [6.45, 7) is 0. The van der Waals surface area contributed by atoms with Crippen LogP contribution in [0.3, 0.4) is 0 Å². The SMILES string of the molecule is CN(C)C1C2CC3CC(C2)C(Sc2ncnc4ccc(F)cc24)C1C3. The molecule has 5 heteroatoms. The normalized spacial score (nSPS) is 36.5. The van der Waals surface area contributed by atoms with Crippen LogP contribution in [-0.4, -0.2) is 40.3 Å². The van der Waals surface area contributed by atoms with Crippen molar-refractivity contribution in [3.8, 4) is 0 Å². The molecule has 0 radical (unpaired) electrons. The average Bonchev–Trinajstić information content (AvgIpc) is 2.57. The summed E-state index contributed by atoms with van der Waals surface area (Å²) in [5.41, 5.74) is 0.840. The van der Waals surface area contributed by atoms with Crippen molar-refractivity contribution < 1.29 is 4.39 Å². The number of aromatic nitrogens is 2. The third-order valence-corrected chi connectivity index (χ3v) is 8.25. The number of benzene rings is 1. The Morgan fingerprint density at radius 1 is 1.08 bits per heavy atom. The molecule has 0 N–H and O–H groups in total. The van der Waals surface area contributed by atoms with Crippen molar-refractivity contribution in [2.24, 2.45) is 23.7 Å². The highest BCUT2D eigenvalue weighted by Gasteiger charge is 2.54. The summed E-state index contributed by atoms with van der Waals surface area (Å²) in [5.74, 6) is 3.12. The molecule has 0 aliphatic heterocycles. The van der Waals surface area contributed by atoms with E-state index in [1.54, 1.807) is 18.5 Å². The van der Waals surface area contributed by atoms with Gasteiger partial charge in [0.2, 0.25) is 0 Å². The highest BCUT2D eigenvalue weighted by Crippen LogP contribution is 2.59. The first kappa shape index (κ1) is 16.0.